The highest BCUT2D eigenvalue weighted by Crippen LogP contribution is 2.22. The fourth-order valence-electron chi connectivity index (χ4n) is 1.92. The first-order valence-corrected chi connectivity index (χ1v) is 8.09. The van der Waals surface area contributed by atoms with E-state index in [0.717, 1.165) is 24.3 Å². The summed E-state index contributed by atoms with van der Waals surface area (Å²) < 4.78 is 5.13. The molecule has 6 nitrogen and oxygen atoms in total. The number of rotatable bonds is 8. The molecule has 128 valence electrons. The van der Waals surface area contributed by atoms with Crippen molar-refractivity contribution in [3.05, 3.63) is 28.8 Å². The highest BCUT2D eigenvalue weighted by molar-refractivity contribution is 6.31. The summed E-state index contributed by atoms with van der Waals surface area (Å²) in [5.41, 5.74) is 1.03. The first-order valence-electron chi connectivity index (χ1n) is 7.72. The Morgan fingerprint density at radius 1 is 1.22 bits per heavy atom. The van der Waals surface area contributed by atoms with E-state index in [0.29, 0.717) is 24.1 Å². The van der Waals surface area contributed by atoms with Gasteiger partial charge >= 0.3 is 0 Å². The van der Waals surface area contributed by atoms with Crippen LogP contribution in [0.5, 0.6) is 5.75 Å². The van der Waals surface area contributed by atoms with Crippen molar-refractivity contribution in [2.45, 2.75) is 20.3 Å². The number of carbonyl (C=O) groups is 1. The number of likely N-dealkylation sites (N-methyl/N-ethyl adjacent to an activating group) is 1. The van der Waals surface area contributed by atoms with Crippen LogP contribution in [-0.2, 0) is 11.2 Å². The molecule has 0 aliphatic heterocycles. The van der Waals surface area contributed by atoms with E-state index in [9.17, 15) is 4.79 Å². The van der Waals surface area contributed by atoms with Crippen LogP contribution in [0.1, 0.15) is 19.4 Å². The molecule has 0 saturated carbocycles. The number of ether oxygens (including phenoxy) is 1. The van der Waals surface area contributed by atoms with Gasteiger partial charge in [-0.1, -0.05) is 17.7 Å². The zero-order valence-electron chi connectivity index (χ0n) is 13.9. The van der Waals surface area contributed by atoms with Gasteiger partial charge in [0.25, 0.3) is 0 Å². The molecule has 0 heterocycles. The molecule has 1 aromatic rings. The maximum Gasteiger partial charge on any atom is 0.241 e. The van der Waals surface area contributed by atoms with E-state index in [-0.39, 0.29) is 12.5 Å². The summed E-state index contributed by atoms with van der Waals surface area (Å²) in [6.07, 6.45) is 0.744. The number of guanidine groups is 1. The average molecular weight is 341 g/mol. The molecule has 0 bridgehead atoms. The molecule has 23 heavy (non-hydrogen) atoms. The largest absolute Gasteiger partial charge is 0.497 e. The van der Waals surface area contributed by atoms with Crippen LogP contribution in [0.15, 0.2) is 23.2 Å². The summed E-state index contributed by atoms with van der Waals surface area (Å²) in [5.74, 6) is 1.26. The van der Waals surface area contributed by atoms with Gasteiger partial charge in [-0.05, 0) is 38.0 Å². The molecule has 0 aliphatic carbocycles. The van der Waals surface area contributed by atoms with Crippen molar-refractivity contribution in [2.75, 3.05) is 33.3 Å². The van der Waals surface area contributed by atoms with Crippen molar-refractivity contribution >= 4 is 23.5 Å². The molecule has 0 atom stereocenters. The Kier molecular flexibility index (Phi) is 8.90. The number of hydrogen-bond acceptors (Lipinski definition) is 3. The van der Waals surface area contributed by atoms with E-state index in [1.165, 1.54) is 0 Å². The summed E-state index contributed by atoms with van der Waals surface area (Å²) in [5, 5.41) is 9.69. The zero-order valence-corrected chi connectivity index (χ0v) is 14.7. The second kappa shape index (κ2) is 10.7. The molecule has 0 unspecified atom stereocenters. The Bertz CT molecular complexity index is 535. The minimum atomic E-state index is -0.0945. The lowest BCUT2D eigenvalue weighted by atomic mass is 10.1. The predicted octanol–water partition coefficient (Wildman–Crippen LogP) is 1.58. The van der Waals surface area contributed by atoms with Crippen molar-refractivity contribution in [3.8, 4) is 5.75 Å². The molecule has 1 rings (SSSR count). The molecule has 0 aromatic heterocycles. The molecule has 1 amide bonds. The third kappa shape index (κ3) is 7.23. The number of nitrogens with one attached hydrogen (secondary N) is 3. The van der Waals surface area contributed by atoms with Gasteiger partial charge in [0.1, 0.15) is 12.3 Å². The normalized spacial score (nSPS) is 11.0. The van der Waals surface area contributed by atoms with Gasteiger partial charge < -0.3 is 20.7 Å². The van der Waals surface area contributed by atoms with E-state index in [4.69, 9.17) is 16.3 Å². The van der Waals surface area contributed by atoms with Crippen molar-refractivity contribution in [1.29, 1.82) is 0 Å². The number of nitrogens with zero attached hydrogens (tertiary/aromatic N) is 1. The van der Waals surface area contributed by atoms with E-state index < -0.39 is 0 Å². The van der Waals surface area contributed by atoms with Gasteiger partial charge in [0.05, 0.1) is 7.11 Å². The van der Waals surface area contributed by atoms with Gasteiger partial charge in [0.2, 0.25) is 5.91 Å². The number of methoxy groups -OCH3 is 1. The van der Waals surface area contributed by atoms with Crippen LogP contribution in [0.4, 0.5) is 0 Å². The number of halogens is 1. The number of hydrogen-bond donors (Lipinski definition) is 3. The van der Waals surface area contributed by atoms with E-state index >= 15 is 0 Å². The Balaban J connectivity index is 2.52. The van der Waals surface area contributed by atoms with E-state index in [1.807, 2.05) is 26.0 Å². The van der Waals surface area contributed by atoms with Crippen LogP contribution in [0.25, 0.3) is 0 Å². The fraction of sp³-hybridized carbons (Fsp3) is 0.500. The van der Waals surface area contributed by atoms with Crippen molar-refractivity contribution in [1.82, 2.24) is 16.0 Å². The molecule has 0 spiro atoms. The van der Waals surface area contributed by atoms with Crippen molar-refractivity contribution < 1.29 is 9.53 Å². The van der Waals surface area contributed by atoms with Crippen LogP contribution in [0.3, 0.4) is 0 Å². The molecule has 0 fully saturated rings. The molecule has 1 aromatic carbocycles. The maximum absolute atomic E-state index is 11.4. The lowest BCUT2D eigenvalue weighted by molar-refractivity contribution is -0.119. The minimum absolute atomic E-state index is 0.0945. The zero-order chi connectivity index (χ0) is 17.1. The van der Waals surface area contributed by atoms with Crippen LogP contribution < -0.4 is 20.7 Å². The smallest absolute Gasteiger partial charge is 0.241 e. The van der Waals surface area contributed by atoms with Crippen molar-refractivity contribution in [3.63, 3.8) is 0 Å². The lowest BCUT2D eigenvalue weighted by Gasteiger charge is -2.12. The van der Waals surface area contributed by atoms with Gasteiger partial charge in [0, 0.05) is 24.7 Å². The summed E-state index contributed by atoms with van der Waals surface area (Å²) in [4.78, 5) is 15.7. The van der Waals surface area contributed by atoms with Crippen LogP contribution in [0, 0.1) is 0 Å². The van der Waals surface area contributed by atoms with Gasteiger partial charge in [-0.25, -0.2) is 4.99 Å². The van der Waals surface area contributed by atoms with Crippen LogP contribution in [0.2, 0.25) is 5.02 Å². The molecular weight excluding hydrogens is 316 g/mol. The Labute approximate surface area is 142 Å². The van der Waals surface area contributed by atoms with E-state index in [1.54, 1.807) is 13.2 Å². The molecule has 0 radical (unpaired) electrons. The maximum atomic E-state index is 11.4. The predicted molar refractivity (Wildman–Crippen MR) is 94.4 cm³/mol. The molecule has 3 N–H and O–H groups in total. The Morgan fingerprint density at radius 3 is 2.57 bits per heavy atom. The number of carbonyl (C=O) groups excluding carboxylic acids is 1. The van der Waals surface area contributed by atoms with Crippen LogP contribution in [-0.4, -0.2) is 45.2 Å². The summed E-state index contributed by atoms with van der Waals surface area (Å²) in [6.45, 7) is 5.95. The molecular formula is C16H25ClN4O2. The third-order valence-corrected chi connectivity index (χ3v) is 3.40. The second-order valence-electron chi connectivity index (χ2n) is 4.78. The average Bonchev–Trinajstić information content (AvgIpc) is 2.54. The minimum Gasteiger partial charge on any atom is -0.497 e. The topological polar surface area (TPSA) is 74.8 Å². The second-order valence-corrected chi connectivity index (χ2v) is 5.19. The quantitative estimate of drug-likeness (QED) is 0.496. The highest BCUT2D eigenvalue weighted by Gasteiger charge is 2.04. The Morgan fingerprint density at radius 2 is 1.96 bits per heavy atom. The number of benzene rings is 1. The van der Waals surface area contributed by atoms with Crippen LogP contribution >= 0.6 is 11.6 Å². The molecule has 7 heteroatoms. The number of aliphatic imine (C=N–C) groups is 1. The first-order chi connectivity index (χ1) is 11.1. The van der Waals surface area contributed by atoms with Gasteiger partial charge in [-0.2, -0.15) is 0 Å². The van der Waals surface area contributed by atoms with E-state index in [2.05, 4.69) is 20.9 Å². The van der Waals surface area contributed by atoms with Gasteiger partial charge in [-0.15, -0.1) is 0 Å². The van der Waals surface area contributed by atoms with Gasteiger partial charge in [-0.3, -0.25) is 4.79 Å². The fourth-order valence-corrected chi connectivity index (χ4v) is 2.18. The van der Waals surface area contributed by atoms with Crippen molar-refractivity contribution in [2.24, 2.45) is 4.99 Å². The third-order valence-electron chi connectivity index (χ3n) is 3.05. The highest BCUT2D eigenvalue weighted by atomic mass is 35.5. The summed E-state index contributed by atoms with van der Waals surface area (Å²) >= 11 is 6.22. The number of amides is 1. The lowest BCUT2D eigenvalue weighted by Crippen LogP contribution is -2.39. The summed E-state index contributed by atoms with van der Waals surface area (Å²) in [6, 6.07) is 5.63. The van der Waals surface area contributed by atoms with Gasteiger partial charge in [0.15, 0.2) is 5.96 Å². The SMILES string of the molecule is CCNC(=O)CN=C(NCC)NCCc1ccc(OC)cc1Cl. The standard InChI is InChI=1S/C16H25ClN4O2/c1-4-18-15(22)11-21-16(19-5-2)20-9-8-12-6-7-13(23-3)10-14(12)17/h6-7,10H,4-5,8-9,11H2,1-3H3,(H,18,22)(H2,19,20,21). The monoisotopic (exact) mass is 340 g/mol. The molecule has 0 aliphatic rings. The first kappa shape index (κ1) is 19.1. The Hall–Kier alpha value is -1.95. The summed E-state index contributed by atoms with van der Waals surface area (Å²) in [7, 11) is 1.61. The molecule has 0 saturated heterocycles.